The average Bonchev–Trinajstić information content (AvgIpc) is 1.78. The first-order valence-electron chi connectivity index (χ1n) is 2.89. The number of rotatable bonds is 2. The molecule has 0 aliphatic rings. The summed E-state index contributed by atoms with van der Waals surface area (Å²) in [6.45, 7) is -4.30. The van der Waals surface area contributed by atoms with Crippen LogP contribution in [0, 0.1) is 0 Å². The van der Waals surface area contributed by atoms with E-state index in [9.17, 15) is 9.36 Å². The first kappa shape index (κ1) is 10.0. The van der Waals surface area contributed by atoms with E-state index in [0.29, 0.717) is 0 Å². The van der Waals surface area contributed by atoms with Gasteiger partial charge in [-0.3, -0.25) is 9.78 Å². The summed E-state index contributed by atoms with van der Waals surface area (Å²) < 4.78 is 14.6. The molecule has 0 aliphatic carbocycles. The number of halogens is 1. The molecule has 0 bridgehead atoms. The highest BCUT2D eigenvalue weighted by Crippen LogP contribution is 2.46. The molecule has 13 heavy (non-hydrogen) atoms. The Morgan fingerprint density at radius 1 is 1.69 bits per heavy atom. The van der Waals surface area contributed by atoms with Crippen molar-refractivity contribution in [2.24, 2.45) is 0 Å². The van der Waals surface area contributed by atoms with Gasteiger partial charge in [0, 0.05) is 11.2 Å². The van der Waals surface area contributed by atoms with Crippen molar-refractivity contribution < 1.29 is 19.1 Å². The molecule has 3 N–H and O–H groups in total. The van der Waals surface area contributed by atoms with Crippen molar-refractivity contribution in [1.82, 2.24) is 9.97 Å². The van der Waals surface area contributed by atoms with Gasteiger partial charge in [-0.2, -0.15) is 4.98 Å². The Hall–Kier alpha value is -1.04. The van der Waals surface area contributed by atoms with E-state index in [1.165, 1.54) is 0 Å². The second kappa shape index (κ2) is 3.37. The van der Waals surface area contributed by atoms with E-state index >= 15 is 0 Å². The largest absolute Gasteiger partial charge is 0.493 e. The fourth-order valence-electron chi connectivity index (χ4n) is 0.573. The number of nitrogens with one attached hydrogen (secondary N) is 1. The molecule has 0 aromatic carbocycles. The fraction of sp³-hybridized carbons (Fsp3) is 0. The summed E-state index contributed by atoms with van der Waals surface area (Å²) in [5, 5.41) is 8.77. The SMILES string of the molecule is O=c1cc(O)nc(OP(=O)(O)Cl)[nH]1. The van der Waals surface area contributed by atoms with E-state index in [-0.39, 0.29) is 0 Å². The molecule has 7 nitrogen and oxygen atoms in total. The molecule has 0 saturated heterocycles. The number of aromatic hydroxyl groups is 1. The van der Waals surface area contributed by atoms with Crippen LogP contribution in [0.5, 0.6) is 11.9 Å². The Labute approximate surface area is 76.3 Å². The first-order chi connectivity index (χ1) is 5.87. The summed E-state index contributed by atoms with van der Waals surface area (Å²) in [5.41, 5.74) is -0.729. The topological polar surface area (TPSA) is 113 Å². The molecule has 1 aromatic rings. The lowest BCUT2D eigenvalue weighted by atomic mass is 10.6. The predicted octanol–water partition coefficient (Wildman–Crippen LogP) is 0.193. The zero-order valence-corrected chi connectivity index (χ0v) is 7.62. The smallest absolute Gasteiger partial charge is 0.476 e. The quantitative estimate of drug-likeness (QED) is 0.621. The van der Waals surface area contributed by atoms with E-state index in [1.54, 1.807) is 0 Å². The fourth-order valence-corrected chi connectivity index (χ4v) is 1.07. The maximum absolute atomic E-state index is 10.6. The zero-order chi connectivity index (χ0) is 10.1. The maximum atomic E-state index is 10.6. The number of hydrogen-bond donors (Lipinski definition) is 3. The summed E-state index contributed by atoms with van der Waals surface area (Å²) in [4.78, 5) is 24.3. The van der Waals surface area contributed by atoms with Gasteiger partial charge in [0.2, 0.25) is 5.88 Å². The number of hydrogen-bond acceptors (Lipinski definition) is 5. The summed E-state index contributed by atoms with van der Waals surface area (Å²) >= 11 is 4.82. The Balaban J connectivity index is 3.03. The lowest BCUT2D eigenvalue weighted by Crippen LogP contribution is -2.06. The van der Waals surface area contributed by atoms with Gasteiger partial charge in [-0.05, 0) is 0 Å². The monoisotopic (exact) mass is 226 g/mol. The van der Waals surface area contributed by atoms with Gasteiger partial charge >= 0.3 is 13.0 Å². The second-order valence-corrected chi connectivity index (χ2v) is 4.32. The Kier molecular flexibility index (Phi) is 2.60. The number of H-pyrrole nitrogens is 1. The summed E-state index contributed by atoms with van der Waals surface area (Å²) in [6, 6.07) is 0.148. The Morgan fingerprint density at radius 3 is 2.77 bits per heavy atom. The number of aromatic nitrogens is 2. The minimum absolute atomic E-state index is 0.620. The molecular weight excluding hydrogens is 222 g/mol. The molecule has 9 heteroatoms. The number of aromatic amines is 1. The van der Waals surface area contributed by atoms with Crippen molar-refractivity contribution in [2.45, 2.75) is 0 Å². The maximum Gasteiger partial charge on any atom is 0.476 e. The van der Waals surface area contributed by atoms with Gasteiger partial charge in [0.15, 0.2) is 0 Å². The molecule has 1 heterocycles. The van der Waals surface area contributed by atoms with Gasteiger partial charge in [0.1, 0.15) is 0 Å². The van der Waals surface area contributed by atoms with Crippen LogP contribution in [0.25, 0.3) is 0 Å². The van der Waals surface area contributed by atoms with Crippen LogP contribution in [0.4, 0.5) is 0 Å². The van der Waals surface area contributed by atoms with E-state index in [4.69, 9.17) is 21.2 Å². The van der Waals surface area contributed by atoms with E-state index < -0.39 is 24.4 Å². The normalized spacial score (nSPS) is 14.9. The van der Waals surface area contributed by atoms with Gasteiger partial charge in [-0.15, -0.1) is 0 Å². The highest BCUT2D eigenvalue weighted by Gasteiger charge is 2.17. The van der Waals surface area contributed by atoms with Gasteiger partial charge in [0.25, 0.3) is 5.56 Å². The highest BCUT2D eigenvalue weighted by molar-refractivity contribution is 7.80. The van der Waals surface area contributed by atoms with E-state index in [2.05, 4.69) is 9.51 Å². The molecule has 1 aromatic heterocycles. The molecule has 1 atom stereocenters. The molecule has 1 unspecified atom stereocenters. The number of nitrogens with zero attached hydrogens (tertiary/aromatic N) is 1. The van der Waals surface area contributed by atoms with Crippen molar-refractivity contribution in [3.63, 3.8) is 0 Å². The summed E-state index contributed by atoms with van der Waals surface area (Å²) in [5.74, 6) is -0.635. The second-order valence-electron chi connectivity index (χ2n) is 1.95. The van der Waals surface area contributed by atoms with E-state index in [1.807, 2.05) is 4.98 Å². The van der Waals surface area contributed by atoms with Gasteiger partial charge in [-0.25, -0.2) is 4.57 Å². The molecule has 1 rings (SSSR count). The third kappa shape index (κ3) is 3.45. The molecule has 0 saturated carbocycles. The standard InChI is InChI=1S/C4H4ClN2O5P/c5-13(10,11)12-4-6-2(8)1-3(9)7-4/h1H,(H,10,11)(H2,6,7,8,9). The highest BCUT2D eigenvalue weighted by atomic mass is 35.7. The van der Waals surface area contributed by atoms with Crippen molar-refractivity contribution >= 4 is 18.2 Å². The van der Waals surface area contributed by atoms with Gasteiger partial charge < -0.3 is 14.5 Å². The third-order valence-corrected chi connectivity index (χ3v) is 1.51. The van der Waals surface area contributed by atoms with Crippen LogP contribution in [0.3, 0.4) is 0 Å². The summed E-state index contributed by atoms with van der Waals surface area (Å²) in [7, 11) is 0. The van der Waals surface area contributed by atoms with Crippen LogP contribution < -0.4 is 10.1 Å². The lowest BCUT2D eigenvalue weighted by molar-refractivity contribution is 0.377. The molecule has 0 amide bonds. The minimum atomic E-state index is -4.30. The molecule has 0 fully saturated rings. The zero-order valence-electron chi connectivity index (χ0n) is 5.97. The Morgan fingerprint density at radius 2 is 2.31 bits per heavy atom. The molecule has 72 valence electrons. The molecular formula is C4H4ClN2O5P. The van der Waals surface area contributed by atoms with Gasteiger partial charge in [-0.1, -0.05) is 0 Å². The van der Waals surface area contributed by atoms with Crippen molar-refractivity contribution in [3.8, 4) is 11.9 Å². The third-order valence-electron chi connectivity index (χ3n) is 0.905. The van der Waals surface area contributed by atoms with Gasteiger partial charge in [0.05, 0.1) is 6.07 Å². The minimum Gasteiger partial charge on any atom is -0.493 e. The average molecular weight is 227 g/mol. The predicted molar refractivity (Wildman–Crippen MR) is 42.8 cm³/mol. The van der Waals surface area contributed by atoms with Crippen molar-refractivity contribution in [2.75, 3.05) is 0 Å². The molecule has 0 spiro atoms. The van der Waals surface area contributed by atoms with Crippen LogP contribution in [0.1, 0.15) is 0 Å². The Bertz CT molecular complexity index is 411. The summed E-state index contributed by atoms with van der Waals surface area (Å²) in [6.07, 6.45) is 0. The van der Waals surface area contributed by atoms with E-state index in [0.717, 1.165) is 6.07 Å². The van der Waals surface area contributed by atoms with Crippen LogP contribution in [0.15, 0.2) is 10.9 Å². The van der Waals surface area contributed by atoms with Crippen molar-refractivity contribution in [1.29, 1.82) is 0 Å². The first-order valence-corrected chi connectivity index (χ1v) is 5.37. The molecule has 0 radical (unpaired) electrons. The van der Waals surface area contributed by atoms with Crippen LogP contribution in [-0.4, -0.2) is 20.0 Å². The lowest BCUT2D eigenvalue weighted by Gasteiger charge is -2.03. The van der Waals surface area contributed by atoms with Crippen molar-refractivity contribution in [3.05, 3.63) is 16.4 Å². The van der Waals surface area contributed by atoms with Crippen LogP contribution in [-0.2, 0) is 4.57 Å². The molecule has 0 aliphatic heterocycles. The van der Waals surface area contributed by atoms with Crippen LogP contribution in [0.2, 0.25) is 0 Å². The van der Waals surface area contributed by atoms with Crippen LogP contribution >= 0.6 is 18.2 Å².